The van der Waals surface area contributed by atoms with Crippen molar-refractivity contribution in [1.29, 1.82) is 0 Å². The molecule has 0 fully saturated rings. The molecule has 1 amide bonds. The number of rotatable bonds is 4. The van der Waals surface area contributed by atoms with Crippen LogP contribution in [0.15, 0.2) is 0 Å². The zero-order chi connectivity index (χ0) is 10.6. The molecule has 13 heavy (non-hydrogen) atoms. The Morgan fingerprint density at radius 2 is 1.69 bits per heavy atom. The van der Waals surface area contributed by atoms with Gasteiger partial charge >= 0.3 is 0 Å². The number of hydrogen-bond donors (Lipinski definition) is 2. The number of ketones is 1. The first-order valence-electron chi connectivity index (χ1n) is 4.35. The molecule has 0 aromatic rings. The van der Waals surface area contributed by atoms with Gasteiger partial charge in [0.25, 0.3) is 0 Å². The summed E-state index contributed by atoms with van der Waals surface area (Å²) < 4.78 is 0. The summed E-state index contributed by atoms with van der Waals surface area (Å²) in [5, 5.41) is 11.7. The number of Topliss-reactive ketones (excluding diaryl/α,β-unsaturated/α-hetero) is 1. The van der Waals surface area contributed by atoms with Crippen LogP contribution in [0.25, 0.3) is 0 Å². The molecule has 0 rings (SSSR count). The maximum Gasteiger partial charge on any atom is 0.249 e. The Balaban J connectivity index is 4.08. The first kappa shape index (κ1) is 12.1. The van der Waals surface area contributed by atoms with Gasteiger partial charge in [-0.25, -0.2) is 0 Å². The minimum absolute atomic E-state index is 0.121. The van der Waals surface area contributed by atoms with Gasteiger partial charge in [0.1, 0.15) is 6.10 Å². The first-order valence-corrected chi connectivity index (χ1v) is 4.35. The van der Waals surface area contributed by atoms with E-state index in [1.165, 1.54) is 6.92 Å². The Bertz CT molecular complexity index is 201. The van der Waals surface area contributed by atoms with Gasteiger partial charge < -0.3 is 10.4 Å². The molecule has 0 aliphatic heterocycles. The summed E-state index contributed by atoms with van der Waals surface area (Å²) in [5.74, 6) is -0.749. The molecular formula is C9H17NO3. The van der Waals surface area contributed by atoms with Crippen LogP contribution >= 0.6 is 0 Å². The first-order chi connectivity index (χ1) is 5.86. The monoisotopic (exact) mass is 187 g/mol. The summed E-state index contributed by atoms with van der Waals surface area (Å²) in [6.45, 7) is 6.46. The van der Waals surface area contributed by atoms with Gasteiger partial charge in [-0.1, -0.05) is 13.8 Å². The van der Waals surface area contributed by atoms with Gasteiger partial charge in [0, 0.05) is 0 Å². The maximum absolute atomic E-state index is 11.2. The van der Waals surface area contributed by atoms with Gasteiger partial charge in [-0.15, -0.1) is 0 Å². The van der Waals surface area contributed by atoms with E-state index in [0.29, 0.717) is 0 Å². The van der Waals surface area contributed by atoms with E-state index in [2.05, 4.69) is 5.32 Å². The second-order valence-electron chi connectivity index (χ2n) is 3.53. The quantitative estimate of drug-likeness (QED) is 0.656. The Morgan fingerprint density at radius 3 is 2.00 bits per heavy atom. The molecule has 0 aromatic heterocycles. The van der Waals surface area contributed by atoms with Crippen molar-refractivity contribution in [2.75, 3.05) is 0 Å². The molecule has 4 heteroatoms. The third-order valence-corrected chi connectivity index (χ3v) is 1.87. The highest BCUT2D eigenvalue weighted by Crippen LogP contribution is 2.01. The largest absolute Gasteiger partial charge is 0.383 e. The zero-order valence-corrected chi connectivity index (χ0v) is 8.50. The van der Waals surface area contributed by atoms with Crippen LogP contribution in [0.4, 0.5) is 0 Å². The normalized spacial score (nSPS) is 15.2. The van der Waals surface area contributed by atoms with Crippen molar-refractivity contribution >= 4 is 11.7 Å². The van der Waals surface area contributed by atoms with E-state index in [0.717, 1.165) is 0 Å². The third kappa shape index (κ3) is 4.03. The Labute approximate surface area is 78.3 Å². The van der Waals surface area contributed by atoms with Crippen molar-refractivity contribution < 1.29 is 14.7 Å². The summed E-state index contributed by atoms with van der Waals surface area (Å²) >= 11 is 0. The summed E-state index contributed by atoms with van der Waals surface area (Å²) in [6.07, 6.45) is -1.04. The molecule has 0 radical (unpaired) electrons. The van der Waals surface area contributed by atoms with Crippen molar-refractivity contribution in [3.63, 3.8) is 0 Å². The smallest absolute Gasteiger partial charge is 0.249 e. The molecule has 0 heterocycles. The average Bonchev–Trinajstić information content (AvgIpc) is 2.02. The van der Waals surface area contributed by atoms with E-state index in [4.69, 9.17) is 0 Å². The van der Waals surface area contributed by atoms with Gasteiger partial charge in [0.05, 0.1) is 6.04 Å². The van der Waals surface area contributed by atoms with Crippen molar-refractivity contribution in [2.24, 2.45) is 5.92 Å². The highest BCUT2D eigenvalue weighted by Gasteiger charge is 2.21. The minimum atomic E-state index is -1.04. The number of amides is 1. The molecule has 0 saturated carbocycles. The van der Waals surface area contributed by atoms with E-state index in [9.17, 15) is 14.7 Å². The number of nitrogens with one attached hydrogen (secondary N) is 1. The van der Waals surface area contributed by atoms with E-state index in [-0.39, 0.29) is 11.7 Å². The Hall–Kier alpha value is -0.900. The van der Waals surface area contributed by atoms with Crippen LogP contribution in [0.5, 0.6) is 0 Å². The lowest BCUT2D eigenvalue weighted by atomic mass is 10.1. The summed E-state index contributed by atoms with van der Waals surface area (Å²) in [7, 11) is 0. The van der Waals surface area contributed by atoms with Gasteiger partial charge in [0.15, 0.2) is 5.78 Å². The van der Waals surface area contributed by atoms with Crippen LogP contribution in [-0.2, 0) is 9.59 Å². The van der Waals surface area contributed by atoms with Crippen LogP contribution in [0.3, 0.4) is 0 Å². The summed E-state index contributed by atoms with van der Waals surface area (Å²) in [6, 6.07) is -0.527. The van der Waals surface area contributed by atoms with E-state index in [1.807, 2.05) is 0 Å². The van der Waals surface area contributed by atoms with Crippen LogP contribution < -0.4 is 5.32 Å². The predicted molar refractivity (Wildman–Crippen MR) is 49.1 cm³/mol. The molecule has 0 unspecified atom stereocenters. The fraction of sp³-hybridized carbons (Fsp3) is 0.778. The number of aliphatic hydroxyl groups excluding tert-OH is 1. The standard InChI is InChI=1S/C9H17NO3/c1-5(2)8(12)9(13)10-6(3)7(4)11/h5-6,8,12H,1-4H3,(H,10,13)/t6-,8-/m0/s1. The van der Waals surface area contributed by atoms with Crippen LogP contribution in [-0.4, -0.2) is 28.9 Å². The molecule has 0 aromatic carbocycles. The van der Waals surface area contributed by atoms with Crippen molar-refractivity contribution in [1.82, 2.24) is 5.32 Å². The number of carbonyl (C=O) groups is 2. The number of hydrogen-bond acceptors (Lipinski definition) is 3. The van der Waals surface area contributed by atoms with Crippen LogP contribution in [0.2, 0.25) is 0 Å². The fourth-order valence-electron chi connectivity index (χ4n) is 0.703. The third-order valence-electron chi connectivity index (χ3n) is 1.87. The van der Waals surface area contributed by atoms with Gasteiger partial charge in [-0.2, -0.15) is 0 Å². The molecule has 76 valence electrons. The Morgan fingerprint density at radius 1 is 1.23 bits per heavy atom. The van der Waals surface area contributed by atoms with Crippen LogP contribution in [0.1, 0.15) is 27.7 Å². The molecule has 0 bridgehead atoms. The van der Waals surface area contributed by atoms with Crippen LogP contribution in [0, 0.1) is 5.92 Å². The summed E-state index contributed by atoms with van der Waals surface area (Å²) in [5.41, 5.74) is 0. The van der Waals surface area contributed by atoms with Gasteiger partial charge in [0.2, 0.25) is 5.91 Å². The molecule has 0 spiro atoms. The molecule has 0 saturated heterocycles. The van der Waals surface area contributed by atoms with E-state index in [1.54, 1.807) is 20.8 Å². The fourth-order valence-corrected chi connectivity index (χ4v) is 0.703. The van der Waals surface area contributed by atoms with Gasteiger partial charge in [-0.05, 0) is 19.8 Å². The lowest BCUT2D eigenvalue weighted by Crippen LogP contribution is -2.44. The summed E-state index contributed by atoms with van der Waals surface area (Å²) in [4.78, 5) is 22.0. The molecule has 0 aliphatic carbocycles. The zero-order valence-electron chi connectivity index (χ0n) is 8.50. The highest BCUT2D eigenvalue weighted by atomic mass is 16.3. The highest BCUT2D eigenvalue weighted by molar-refractivity contribution is 5.88. The molecule has 2 N–H and O–H groups in total. The molecular weight excluding hydrogens is 170 g/mol. The van der Waals surface area contributed by atoms with E-state index >= 15 is 0 Å². The number of aliphatic hydroxyl groups is 1. The molecule has 4 nitrogen and oxygen atoms in total. The lowest BCUT2D eigenvalue weighted by molar-refractivity contribution is -0.134. The lowest BCUT2D eigenvalue weighted by Gasteiger charge is -2.16. The van der Waals surface area contributed by atoms with Crippen molar-refractivity contribution in [2.45, 2.75) is 39.8 Å². The molecule has 2 atom stereocenters. The SMILES string of the molecule is CC(=O)[C@H](C)NC(=O)[C@@H](O)C(C)C. The molecule has 0 aliphatic rings. The second kappa shape index (κ2) is 4.97. The maximum atomic E-state index is 11.2. The predicted octanol–water partition coefficient (Wildman–Crippen LogP) is 0.0970. The average molecular weight is 187 g/mol. The number of carbonyl (C=O) groups excluding carboxylic acids is 2. The topological polar surface area (TPSA) is 66.4 Å². The second-order valence-corrected chi connectivity index (χ2v) is 3.53. The Kier molecular flexibility index (Phi) is 4.62. The van der Waals surface area contributed by atoms with E-state index < -0.39 is 18.1 Å². The minimum Gasteiger partial charge on any atom is -0.383 e. The van der Waals surface area contributed by atoms with Crippen molar-refractivity contribution in [3.05, 3.63) is 0 Å². The van der Waals surface area contributed by atoms with Crippen molar-refractivity contribution in [3.8, 4) is 0 Å². The van der Waals surface area contributed by atoms with Gasteiger partial charge in [-0.3, -0.25) is 9.59 Å².